The number of nitrogens with one attached hydrogen (secondary N) is 1. The van der Waals surface area contributed by atoms with Gasteiger partial charge in [0, 0.05) is 21.5 Å². The molecule has 3 rings (SSSR count). The van der Waals surface area contributed by atoms with Crippen molar-refractivity contribution in [2.24, 2.45) is 5.73 Å². The Morgan fingerprint density at radius 3 is 3.00 bits per heavy atom. The fraction of sp³-hybridized carbons (Fsp3) is 0.308. The minimum atomic E-state index is 0.0242. The van der Waals surface area contributed by atoms with E-state index in [2.05, 4.69) is 60.7 Å². The van der Waals surface area contributed by atoms with Crippen molar-refractivity contribution < 1.29 is 0 Å². The zero-order valence-electron chi connectivity index (χ0n) is 11.5. The summed E-state index contributed by atoms with van der Waals surface area (Å²) in [6.07, 6.45) is 0.759. The lowest BCUT2D eigenvalue weighted by atomic mass is 10.2. The Labute approximate surface area is 149 Å². The van der Waals surface area contributed by atoms with Crippen LogP contribution in [0.3, 0.4) is 0 Å². The molecule has 3 heterocycles. The Kier molecular flexibility index (Phi) is 5.29. The molecule has 3 aromatic heterocycles. The molecule has 0 saturated heterocycles. The second-order valence-corrected chi connectivity index (χ2v) is 8.03. The predicted octanol–water partition coefficient (Wildman–Crippen LogP) is 3.32. The third-order valence-electron chi connectivity index (χ3n) is 3.09. The van der Waals surface area contributed by atoms with Crippen molar-refractivity contribution in [3.63, 3.8) is 0 Å². The monoisotopic (exact) mass is 415 g/mol. The molecule has 0 fully saturated rings. The van der Waals surface area contributed by atoms with Crippen molar-refractivity contribution in [3.8, 4) is 0 Å². The van der Waals surface area contributed by atoms with E-state index in [0.29, 0.717) is 5.75 Å². The molecule has 116 valence electrons. The van der Waals surface area contributed by atoms with Crippen LogP contribution in [0.15, 0.2) is 22.0 Å². The number of hydrogen-bond donors (Lipinski definition) is 3. The number of thiol groups is 1. The molecular formula is C13H14BrN5S3. The molecule has 3 N–H and O–H groups in total. The largest absolute Gasteiger partial charge is 0.362 e. The molecule has 0 aromatic carbocycles. The van der Waals surface area contributed by atoms with E-state index in [1.807, 2.05) is 6.07 Å². The molecule has 0 amide bonds. The number of rotatable bonds is 6. The normalized spacial score (nSPS) is 12.7. The maximum absolute atomic E-state index is 6.00. The zero-order chi connectivity index (χ0) is 15.5. The van der Waals surface area contributed by atoms with Crippen LogP contribution in [-0.2, 0) is 13.0 Å². The van der Waals surface area contributed by atoms with Crippen LogP contribution in [0, 0.1) is 0 Å². The lowest BCUT2D eigenvalue weighted by molar-refractivity contribution is 0.758. The van der Waals surface area contributed by atoms with Crippen molar-refractivity contribution in [1.29, 1.82) is 0 Å². The first-order valence-electron chi connectivity index (χ1n) is 6.62. The topological polar surface area (TPSA) is 76.7 Å². The van der Waals surface area contributed by atoms with Gasteiger partial charge >= 0.3 is 0 Å². The highest BCUT2D eigenvalue weighted by atomic mass is 79.9. The molecule has 0 aliphatic carbocycles. The Bertz CT molecular complexity index is 758. The number of halogens is 1. The first-order chi connectivity index (χ1) is 10.7. The highest BCUT2D eigenvalue weighted by Gasteiger charge is 2.17. The Morgan fingerprint density at radius 2 is 2.27 bits per heavy atom. The molecule has 1 atom stereocenters. The number of aromatic nitrogens is 3. The van der Waals surface area contributed by atoms with E-state index >= 15 is 0 Å². The predicted molar refractivity (Wildman–Crippen MR) is 100 cm³/mol. The van der Waals surface area contributed by atoms with Gasteiger partial charge in [-0.25, -0.2) is 0 Å². The molecule has 0 bridgehead atoms. The molecule has 0 unspecified atom stereocenters. The number of anilines is 1. The highest BCUT2D eigenvalue weighted by molar-refractivity contribution is 9.10. The summed E-state index contributed by atoms with van der Waals surface area (Å²) in [7, 11) is 0. The van der Waals surface area contributed by atoms with Crippen molar-refractivity contribution in [3.05, 3.63) is 31.7 Å². The summed E-state index contributed by atoms with van der Waals surface area (Å²) < 4.78 is 1.96. The molecule has 0 saturated carbocycles. The van der Waals surface area contributed by atoms with Crippen LogP contribution in [-0.4, -0.2) is 27.2 Å². The molecule has 0 aliphatic rings. The van der Waals surface area contributed by atoms with Crippen LogP contribution < -0.4 is 11.1 Å². The van der Waals surface area contributed by atoms with E-state index < -0.39 is 0 Å². The quantitative estimate of drug-likeness (QED) is 0.538. The summed E-state index contributed by atoms with van der Waals surface area (Å²) in [6, 6.07) is 4.15. The van der Waals surface area contributed by atoms with Crippen molar-refractivity contribution in [1.82, 2.24) is 15.4 Å². The van der Waals surface area contributed by atoms with E-state index in [1.54, 1.807) is 22.7 Å². The maximum Gasteiger partial charge on any atom is 0.170 e. The average molecular weight is 416 g/mol. The molecular weight excluding hydrogens is 402 g/mol. The van der Waals surface area contributed by atoms with Gasteiger partial charge in [0.2, 0.25) is 0 Å². The number of nitrogens with zero attached hydrogens (tertiary/aromatic N) is 3. The van der Waals surface area contributed by atoms with Crippen LogP contribution in [0.1, 0.15) is 9.75 Å². The summed E-state index contributed by atoms with van der Waals surface area (Å²) in [6.45, 7) is 0.729. The van der Waals surface area contributed by atoms with Crippen LogP contribution >= 0.6 is 51.2 Å². The third kappa shape index (κ3) is 3.43. The van der Waals surface area contributed by atoms with Gasteiger partial charge < -0.3 is 11.1 Å². The second-order valence-electron chi connectivity index (χ2n) is 4.73. The summed E-state index contributed by atoms with van der Waals surface area (Å²) in [5.74, 6) is 1.41. The van der Waals surface area contributed by atoms with E-state index in [4.69, 9.17) is 5.73 Å². The van der Waals surface area contributed by atoms with E-state index in [-0.39, 0.29) is 6.04 Å². The lowest BCUT2D eigenvalue weighted by Gasteiger charge is -2.05. The molecule has 22 heavy (non-hydrogen) atoms. The van der Waals surface area contributed by atoms with Crippen LogP contribution in [0.5, 0.6) is 0 Å². The standard InChI is InChI=1S/C13H14BrN5S3/c14-10-9(4-7(15)6-20)22-12-11(10)17-19-18-13(12)16-5-8-2-1-3-21-8/h1-3,7,20H,4-6,15H2,(H,16,17,18)/t7-/m1/s1. The fourth-order valence-electron chi connectivity index (χ4n) is 1.99. The number of fused-ring (bicyclic) bond motifs is 1. The van der Waals surface area contributed by atoms with Crippen molar-refractivity contribution in [2.75, 3.05) is 11.1 Å². The molecule has 3 aromatic rings. The second kappa shape index (κ2) is 7.22. The van der Waals surface area contributed by atoms with E-state index in [9.17, 15) is 0 Å². The van der Waals surface area contributed by atoms with Gasteiger partial charge in [0.25, 0.3) is 0 Å². The number of hydrogen-bond acceptors (Lipinski definition) is 8. The van der Waals surface area contributed by atoms with Gasteiger partial charge in [-0.3, -0.25) is 0 Å². The summed E-state index contributed by atoms with van der Waals surface area (Å²) in [4.78, 5) is 2.40. The van der Waals surface area contributed by atoms with Crippen LogP contribution in [0.25, 0.3) is 10.2 Å². The molecule has 9 heteroatoms. The Balaban J connectivity index is 1.89. The zero-order valence-corrected chi connectivity index (χ0v) is 15.6. The Morgan fingerprint density at radius 1 is 1.41 bits per heavy atom. The van der Waals surface area contributed by atoms with Gasteiger partial charge in [-0.2, -0.15) is 12.6 Å². The summed E-state index contributed by atoms with van der Waals surface area (Å²) >= 11 is 11.2. The molecule has 0 radical (unpaired) electrons. The van der Waals surface area contributed by atoms with E-state index in [0.717, 1.165) is 38.3 Å². The van der Waals surface area contributed by atoms with Gasteiger partial charge in [0.15, 0.2) is 5.82 Å². The molecule has 5 nitrogen and oxygen atoms in total. The first kappa shape index (κ1) is 16.1. The number of nitrogens with two attached hydrogens (primary N) is 1. The fourth-order valence-corrected chi connectivity index (χ4v) is 4.76. The van der Waals surface area contributed by atoms with Crippen LogP contribution in [0.4, 0.5) is 5.82 Å². The summed E-state index contributed by atoms with van der Waals surface area (Å²) in [5.41, 5.74) is 6.83. The van der Waals surface area contributed by atoms with Gasteiger partial charge in [0.05, 0.1) is 11.0 Å². The van der Waals surface area contributed by atoms with E-state index in [1.165, 1.54) is 4.88 Å². The van der Waals surface area contributed by atoms with Gasteiger partial charge in [-0.05, 0) is 39.0 Å². The van der Waals surface area contributed by atoms with Crippen molar-refractivity contribution in [2.45, 2.75) is 19.0 Å². The SMILES string of the molecule is N[C@@H](CS)Cc1sc2c(NCc3cccs3)nnnc2c1Br. The van der Waals surface area contributed by atoms with Gasteiger partial charge in [0.1, 0.15) is 10.2 Å². The Hall–Kier alpha value is -0.740. The number of thiophene rings is 2. The third-order valence-corrected chi connectivity index (χ3v) is 6.76. The first-order valence-corrected chi connectivity index (χ1v) is 9.74. The smallest absolute Gasteiger partial charge is 0.170 e. The average Bonchev–Trinajstić information content (AvgIpc) is 3.15. The lowest BCUT2D eigenvalue weighted by Crippen LogP contribution is -2.24. The minimum absolute atomic E-state index is 0.0242. The minimum Gasteiger partial charge on any atom is -0.362 e. The van der Waals surface area contributed by atoms with Crippen molar-refractivity contribution >= 4 is 67.3 Å². The molecule has 0 aliphatic heterocycles. The van der Waals surface area contributed by atoms with Gasteiger partial charge in [-0.1, -0.05) is 6.07 Å². The molecule has 0 spiro atoms. The van der Waals surface area contributed by atoms with Gasteiger partial charge in [-0.15, -0.1) is 32.9 Å². The summed E-state index contributed by atoms with van der Waals surface area (Å²) in [5, 5.41) is 17.5. The maximum atomic E-state index is 6.00. The highest BCUT2D eigenvalue weighted by Crippen LogP contribution is 2.37. The van der Waals surface area contributed by atoms with Crippen LogP contribution in [0.2, 0.25) is 0 Å².